The summed E-state index contributed by atoms with van der Waals surface area (Å²) in [5, 5.41) is 6.81. The van der Waals surface area contributed by atoms with E-state index in [0.717, 1.165) is 38.8 Å². The lowest BCUT2D eigenvalue weighted by atomic mass is 9.91. The molecule has 3 aliphatic rings. The molecule has 42 heavy (non-hydrogen) atoms. The van der Waals surface area contributed by atoms with Gasteiger partial charge >= 0.3 is 0 Å². The van der Waals surface area contributed by atoms with Gasteiger partial charge in [-0.2, -0.15) is 9.97 Å². The van der Waals surface area contributed by atoms with Crippen molar-refractivity contribution in [2.45, 2.75) is 69.9 Å². The largest absolute Gasteiger partial charge is 0.378 e. The highest BCUT2D eigenvalue weighted by Crippen LogP contribution is 2.30. The SMILES string of the molecule is O=C(CN1CCCCCC1)N[C@H]1CC[C@H](Nc2cc(-n3c(C(F)F)nc4ccccc43)nc(N3CCOCC3)n2)CC1. The Morgan fingerprint density at radius 1 is 0.929 bits per heavy atom. The molecule has 226 valence electrons. The molecule has 0 spiro atoms. The number of anilines is 2. The van der Waals surface area contributed by atoms with E-state index in [9.17, 15) is 13.6 Å². The predicted octanol–water partition coefficient (Wildman–Crippen LogP) is 4.31. The van der Waals surface area contributed by atoms with Gasteiger partial charge in [-0.15, -0.1) is 0 Å². The number of hydrogen-bond acceptors (Lipinski definition) is 8. The molecule has 4 heterocycles. The van der Waals surface area contributed by atoms with E-state index in [4.69, 9.17) is 14.7 Å². The van der Waals surface area contributed by atoms with Gasteiger partial charge in [0, 0.05) is 31.2 Å². The number of carbonyl (C=O) groups excluding carboxylic acids is 1. The maximum Gasteiger partial charge on any atom is 0.296 e. The van der Waals surface area contributed by atoms with Gasteiger partial charge in [-0.3, -0.25) is 14.3 Å². The lowest BCUT2D eigenvalue weighted by molar-refractivity contribution is -0.123. The highest BCUT2D eigenvalue weighted by atomic mass is 19.3. The number of alkyl halides is 2. The lowest BCUT2D eigenvalue weighted by Crippen LogP contribution is -2.44. The van der Waals surface area contributed by atoms with Crippen molar-refractivity contribution in [2.75, 3.05) is 56.2 Å². The minimum atomic E-state index is -2.76. The summed E-state index contributed by atoms with van der Waals surface area (Å²) in [5.41, 5.74) is 1.06. The molecule has 0 radical (unpaired) electrons. The number of nitrogens with zero attached hydrogens (tertiary/aromatic N) is 6. The van der Waals surface area contributed by atoms with E-state index in [0.29, 0.717) is 61.5 Å². The molecule has 0 atom stereocenters. The van der Waals surface area contributed by atoms with E-state index in [1.54, 1.807) is 24.3 Å². The first-order chi connectivity index (χ1) is 20.5. The summed E-state index contributed by atoms with van der Waals surface area (Å²) in [6.07, 6.45) is 5.57. The Balaban J connectivity index is 1.17. The first-order valence-electron chi connectivity index (χ1n) is 15.3. The number of para-hydroxylation sites is 2. The maximum atomic E-state index is 14.2. The first-order valence-corrected chi connectivity index (χ1v) is 15.3. The Labute approximate surface area is 244 Å². The highest BCUT2D eigenvalue weighted by molar-refractivity contribution is 5.79. The van der Waals surface area contributed by atoms with Crippen LogP contribution in [0.2, 0.25) is 0 Å². The predicted molar refractivity (Wildman–Crippen MR) is 157 cm³/mol. The summed E-state index contributed by atoms with van der Waals surface area (Å²) >= 11 is 0. The molecule has 0 unspecified atom stereocenters. The lowest BCUT2D eigenvalue weighted by Gasteiger charge is -2.31. The minimum Gasteiger partial charge on any atom is -0.378 e. The Bertz CT molecular complexity index is 1350. The fourth-order valence-electron chi connectivity index (χ4n) is 6.31. The van der Waals surface area contributed by atoms with Crippen molar-refractivity contribution < 1.29 is 18.3 Å². The standard InChI is InChI=1S/C30H40F2N8O2/c31-28(32)29-35-23-7-3-4-8-24(23)40(29)26-19-25(36-30(37-26)39-15-17-42-18-16-39)33-21-9-11-22(12-10-21)34-27(41)20-38-13-5-1-2-6-14-38/h3-4,7-8,19,21-22,28H,1-2,5-6,9-18,20H2,(H,34,41)(H,33,36,37)/t21-,22-. The number of benzene rings is 1. The van der Waals surface area contributed by atoms with Crippen LogP contribution in [-0.2, 0) is 9.53 Å². The molecule has 3 fully saturated rings. The van der Waals surface area contributed by atoms with Crippen molar-refractivity contribution in [3.8, 4) is 5.82 Å². The number of fused-ring (bicyclic) bond motifs is 1. The second-order valence-corrected chi connectivity index (χ2v) is 11.6. The maximum absolute atomic E-state index is 14.2. The van der Waals surface area contributed by atoms with Crippen molar-refractivity contribution in [1.82, 2.24) is 29.7 Å². The van der Waals surface area contributed by atoms with Crippen molar-refractivity contribution in [3.05, 3.63) is 36.2 Å². The molecule has 1 saturated carbocycles. The fourth-order valence-corrected chi connectivity index (χ4v) is 6.31. The topological polar surface area (TPSA) is 100 Å². The van der Waals surface area contributed by atoms with Crippen LogP contribution in [0.25, 0.3) is 16.9 Å². The minimum absolute atomic E-state index is 0.117. The molecule has 2 aliphatic heterocycles. The van der Waals surface area contributed by atoms with Gasteiger partial charge in [-0.25, -0.2) is 13.8 Å². The molecule has 12 heteroatoms. The van der Waals surface area contributed by atoms with Crippen LogP contribution in [-0.4, -0.2) is 88.3 Å². The molecule has 2 aromatic heterocycles. The summed E-state index contributed by atoms with van der Waals surface area (Å²) in [6.45, 7) is 4.85. The van der Waals surface area contributed by atoms with E-state index < -0.39 is 6.43 Å². The van der Waals surface area contributed by atoms with E-state index in [-0.39, 0.29) is 23.8 Å². The van der Waals surface area contributed by atoms with Gasteiger partial charge in [0.05, 0.1) is 30.8 Å². The fraction of sp³-hybridized carbons (Fsp3) is 0.600. The third kappa shape index (κ3) is 6.81. The van der Waals surface area contributed by atoms with Crippen LogP contribution in [0.5, 0.6) is 0 Å². The van der Waals surface area contributed by atoms with Gasteiger partial charge in [0.2, 0.25) is 11.9 Å². The number of likely N-dealkylation sites (tertiary alicyclic amines) is 1. The van der Waals surface area contributed by atoms with Crippen LogP contribution in [0, 0.1) is 0 Å². The number of ether oxygens (including phenoxy) is 1. The average Bonchev–Trinajstić information content (AvgIpc) is 3.22. The van der Waals surface area contributed by atoms with Crippen molar-refractivity contribution >= 4 is 28.7 Å². The Kier molecular flexibility index (Phi) is 9.09. The molecule has 1 aliphatic carbocycles. The number of imidazole rings is 1. The Morgan fingerprint density at radius 3 is 2.38 bits per heavy atom. The van der Waals surface area contributed by atoms with Crippen LogP contribution >= 0.6 is 0 Å². The van der Waals surface area contributed by atoms with E-state index >= 15 is 0 Å². The van der Waals surface area contributed by atoms with Crippen molar-refractivity contribution in [2.24, 2.45) is 0 Å². The van der Waals surface area contributed by atoms with Crippen LogP contribution in [0.4, 0.5) is 20.5 Å². The van der Waals surface area contributed by atoms with Crippen LogP contribution in [0.3, 0.4) is 0 Å². The number of rotatable bonds is 8. The smallest absolute Gasteiger partial charge is 0.296 e. The van der Waals surface area contributed by atoms with Crippen molar-refractivity contribution in [3.63, 3.8) is 0 Å². The zero-order valence-electron chi connectivity index (χ0n) is 24.0. The summed E-state index contributed by atoms with van der Waals surface area (Å²) < 4.78 is 35.3. The highest BCUT2D eigenvalue weighted by Gasteiger charge is 2.26. The summed E-state index contributed by atoms with van der Waals surface area (Å²) in [7, 11) is 0. The molecule has 2 N–H and O–H groups in total. The first kappa shape index (κ1) is 28.7. The average molecular weight is 583 g/mol. The molecule has 0 bridgehead atoms. The van der Waals surface area contributed by atoms with Gasteiger partial charge in [-0.05, 0) is 63.7 Å². The molecular weight excluding hydrogens is 542 g/mol. The summed E-state index contributed by atoms with van der Waals surface area (Å²) in [5.74, 6) is 1.20. The molecule has 6 rings (SSSR count). The zero-order valence-corrected chi connectivity index (χ0v) is 24.0. The molecule has 3 aromatic rings. The molecule has 1 aromatic carbocycles. The number of hydrogen-bond donors (Lipinski definition) is 2. The van der Waals surface area contributed by atoms with Crippen LogP contribution < -0.4 is 15.5 Å². The summed E-state index contributed by atoms with van der Waals surface area (Å²) in [6, 6.07) is 9.15. The van der Waals surface area contributed by atoms with Gasteiger partial charge < -0.3 is 20.3 Å². The number of aromatic nitrogens is 4. The Hall–Kier alpha value is -3.38. The van der Waals surface area contributed by atoms with E-state index in [2.05, 4.69) is 20.5 Å². The number of carbonyl (C=O) groups is 1. The van der Waals surface area contributed by atoms with Crippen LogP contribution in [0.15, 0.2) is 30.3 Å². The molecular formula is C30H40F2N8O2. The monoisotopic (exact) mass is 582 g/mol. The molecule has 10 nitrogen and oxygen atoms in total. The summed E-state index contributed by atoms with van der Waals surface area (Å²) in [4.78, 5) is 30.8. The second-order valence-electron chi connectivity index (χ2n) is 11.6. The van der Waals surface area contributed by atoms with E-state index in [1.807, 2.05) is 11.0 Å². The molecule has 2 saturated heterocycles. The zero-order chi connectivity index (χ0) is 28.9. The second kappa shape index (κ2) is 13.3. The third-order valence-corrected chi connectivity index (χ3v) is 8.52. The van der Waals surface area contributed by atoms with Crippen molar-refractivity contribution in [1.29, 1.82) is 0 Å². The quantitative estimate of drug-likeness (QED) is 0.406. The molecule has 1 amide bonds. The Morgan fingerprint density at radius 2 is 1.64 bits per heavy atom. The van der Waals surface area contributed by atoms with Crippen LogP contribution in [0.1, 0.15) is 63.6 Å². The van der Waals surface area contributed by atoms with Gasteiger partial charge in [0.1, 0.15) is 11.6 Å². The van der Waals surface area contributed by atoms with Gasteiger partial charge in [0.15, 0.2) is 5.82 Å². The third-order valence-electron chi connectivity index (χ3n) is 8.52. The van der Waals surface area contributed by atoms with Gasteiger partial charge in [0.25, 0.3) is 6.43 Å². The normalized spacial score (nSPS) is 22.3. The van der Waals surface area contributed by atoms with Gasteiger partial charge in [-0.1, -0.05) is 25.0 Å². The number of nitrogens with one attached hydrogen (secondary N) is 2. The van der Waals surface area contributed by atoms with E-state index in [1.165, 1.54) is 30.3 Å². The number of halogens is 2. The number of amides is 1. The number of morpholine rings is 1.